The highest BCUT2D eigenvalue weighted by Crippen LogP contribution is 2.28. The number of hydrogen-bond donors (Lipinski definition) is 1. The Morgan fingerprint density at radius 2 is 2.09 bits per heavy atom. The summed E-state index contributed by atoms with van der Waals surface area (Å²) >= 11 is 4.64. The van der Waals surface area contributed by atoms with Crippen molar-refractivity contribution in [3.05, 3.63) is 68.2 Å². The Morgan fingerprint density at radius 1 is 1.32 bits per heavy atom. The van der Waals surface area contributed by atoms with Crippen LogP contribution in [0.3, 0.4) is 0 Å². The summed E-state index contributed by atoms with van der Waals surface area (Å²) < 4.78 is 0.930. The van der Waals surface area contributed by atoms with E-state index in [-0.39, 0.29) is 17.2 Å². The first kappa shape index (κ1) is 16.5. The molecule has 0 saturated carbocycles. The number of nitro benzene ring substituents is 1. The molecule has 0 radical (unpaired) electrons. The second-order valence-corrected chi connectivity index (χ2v) is 6.22. The van der Waals surface area contributed by atoms with Gasteiger partial charge in [0.15, 0.2) is 0 Å². The number of rotatable bonds is 5. The average Bonchev–Trinajstić information content (AvgIpc) is 2.52. The molecule has 0 aliphatic carbocycles. The maximum absolute atomic E-state index is 12.1. The molecule has 7 heteroatoms. The largest absolute Gasteiger partial charge is 0.348 e. The summed E-state index contributed by atoms with van der Waals surface area (Å²) in [5, 5.41) is 13.8. The summed E-state index contributed by atoms with van der Waals surface area (Å²) in [6.45, 7) is 0.357. The molecule has 0 fully saturated rings. The third-order valence-corrected chi connectivity index (χ3v) is 4.26. The lowest BCUT2D eigenvalue weighted by Gasteiger charge is -2.07. The molecule has 22 heavy (non-hydrogen) atoms. The van der Waals surface area contributed by atoms with Gasteiger partial charge in [0.25, 0.3) is 11.6 Å². The maximum atomic E-state index is 12.1. The van der Waals surface area contributed by atoms with Crippen molar-refractivity contribution in [1.82, 2.24) is 5.32 Å². The molecule has 2 rings (SSSR count). The van der Waals surface area contributed by atoms with Gasteiger partial charge in [0.1, 0.15) is 0 Å². The van der Waals surface area contributed by atoms with Crippen molar-refractivity contribution >= 4 is 39.3 Å². The summed E-state index contributed by atoms with van der Waals surface area (Å²) in [5.41, 5.74) is 1.17. The monoisotopic (exact) mass is 380 g/mol. The number of halogens is 1. The zero-order chi connectivity index (χ0) is 16.1. The number of carbonyl (C=O) groups excluding carboxylic acids is 1. The lowest BCUT2D eigenvalue weighted by molar-refractivity contribution is -0.387. The normalized spacial score (nSPS) is 10.3. The highest BCUT2D eigenvalue weighted by molar-refractivity contribution is 9.10. The quantitative estimate of drug-likeness (QED) is 0.483. The van der Waals surface area contributed by atoms with E-state index in [0.717, 1.165) is 10.0 Å². The fraction of sp³-hybridized carbons (Fsp3) is 0.133. The van der Waals surface area contributed by atoms with Gasteiger partial charge in [0.05, 0.1) is 9.82 Å². The van der Waals surface area contributed by atoms with E-state index in [1.807, 2.05) is 24.3 Å². The van der Waals surface area contributed by atoms with Crippen LogP contribution in [0.1, 0.15) is 15.9 Å². The van der Waals surface area contributed by atoms with Crippen LogP contribution in [0.2, 0.25) is 0 Å². The van der Waals surface area contributed by atoms with Crippen molar-refractivity contribution in [2.75, 3.05) is 6.26 Å². The molecule has 0 aliphatic rings. The SMILES string of the molecule is CSc1ccc(C(=O)NCc2cccc(Br)c2)cc1[N+](=O)[O-]. The van der Waals surface area contributed by atoms with Crippen LogP contribution in [-0.2, 0) is 6.54 Å². The third-order valence-electron chi connectivity index (χ3n) is 2.98. The van der Waals surface area contributed by atoms with E-state index in [1.54, 1.807) is 18.4 Å². The first-order chi connectivity index (χ1) is 10.5. The van der Waals surface area contributed by atoms with E-state index in [1.165, 1.54) is 17.8 Å². The predicted molar refractivity (Wildman–Crippen MR) is 90.2 cm³/mol. The van der Waals surface area contributed by atoms with E-state index < -0.39 is 4.92 Å². The second-order valence-electron chi connectivity index (χ2n) is 4.46. The molecule has 0 spiro atoms. The molecule has 1 N–H and O–H groups in total. The smallest absolute Gasteiger partial charge is 0.283 e. The fourth-order valence-electron chi connectivity index (χ4n) is 1.91. The Balaban J connectivity index is 2.12. The number of nitrogens with zero attached hydrogens (tertiary/aromatic N) is 1. The number of hydrogen-bond acceptors (Lipinski definition) is 4. The molecular weight excluding hydrogens is 368 g/mol. The molecule has 0 saturated heterocycles. The summed E-state index contributed by atoms with van der Waals surface area (Å²) in [5.74, 6) is -0.337. The van der Waals surface area contributed by atoms with Gasteiger partial charge < -0.3 is 5.32 Å². The number of benzene rings is 2. The standard InChI is InChI=1S/C15H13BrN2O3S/c1-22-14-6-5-11(8-13(14)18(20)21)15(19)17-9-10-3-2-4-12(16)7-10/h2-8H,9H2,1H3,(H,17,19). The van der Waals surface area contributed by atoms with Crippen LogP contribution in [0.5, 0.6) is 0 Å². The number of nitro groups is 1. The van der Waals surface area contributed by atoms with Crippen LogP contribution in [0.15, 0.2) is 51.8 Å². The molecule has 114 valence electrons. The molecule has 2 aromatic carbocycles. The molecular formula is C15H13BrN2O3S. The molecule has 2 aromatic rings. The molecule has 0 aliphatic heterocycles. The Kier molecular flexibility index (Phi) is 5.57. The van der Waals surface area contributed by atoms with Gasteiger partial charge >= 0.3 is 0 Å². The zero-order valence-electron chi connectivity index (χ0n) is 11.7. The maximum Gasteiger partial charge on any atom is 0.283 e. The number of amides is 1. The predicted octanol–water partition coefficient (Wildman–Crippen LogP) is 4.01. The Hall–Kier alpha value is -1.86. The molecule has 0 atom stereocenters. The van der Waals surface area contributed by atoms with E-state index in [4.69, 9.17) is 0 Å². The first-order valence-corrected chi connectivity index (χ1v) is 8.38. The Bertz CT molecular complexity index is 722. The minimum Gasteiger partial charge on any atom is -0.348 e. The van der Waals surface area contributed by atoms with Crippen LogP contribution in [0.25, 0.3) is 0 Å². The Morgan fingerprint density at radius 3 is 2.73 bits per heavy atom. The van der Waals surface area contributed by atoms with Gasteiger partial charge in [0, 0.05) is 22.6 Å². The highest BCUT2D eigenvalue weighted by atomic mass is 79.9. The summed E-state index contributed by atoms with van der Waals surface area (Å²) in [4.78, 5) is 23.2. The van der Waals surface area contributed by atoms with Crippen LogP contribution < -0.4 is 5.32 Å². The van der Waals surface area contributed by atoms with E-state index >= 15 is 0 Å². The van der Waals surface area contributed by atoms with Crippen molar-refractivity contribution in [1.29, 1.82) is 0 Å². The second kappa shape index (κ2) is 7.42. The van der Waals surface area contributed by atoms with Gasteiger partial charge in [-0.25, -0.2) is 0 Å². The van der Waals surface area contributed by atoms with Gasteiger partial charge in [-0.2, -0.15) is 0 Å². The highest BCUT2D eigenvalue weighted by Gasteiger charge is 2.16. The van der Waals surface area contributed by atoms with Crippen molar-refractivity contribution < 1.29 is 9.72 Å². The van der Waals surface area contributed by atoms with Crippen LogP contribution in [0, 0.1) is 10.1 Å². The molecule has 0 unspecified atom stereocenters. The van der Waals surface area contributed by atoms with Gasteiger partial charge in [0.2, 0.25) is 0 Å². The fourth-order valence-corrected chi connectivity index (χ4v) is 2.90. The van der Waals surface area contributed by atoms with Crippen LogP contribution in [-0.4, -0.2) is 17.1 Å². The van der Waals surface area contributed by atoms with Crippen molar-refractivity contribution in [2.24, 2.45) is 0 Å². The molecule has 0 aromatic heterocycles. The van der Waals surface area contributed by atoms with Gasteiger partial charge in [-0.15, -0.1) is 11.8 Å². The average molecular weight is 381 g/mol. The van der Waals surface area contributed by atoms with Gasteiger partial charge in [-0.1, -0.05) is 28.1 Å². The molecule has 5 nitrogen and oxygen atoms in total. The summed E-state index contributed by atoms with van der Waals surface area (Å²) in [6.07, 6.45) is 1.76. The topological polar surface area (TPSA) is 72.2 Å². The molecule has 1 amide bonds. The Labute approximate surface area is 140 Å². The van der Waals surface area contributed by atoms with Crippen LogP contribution >= 0.6 is 27.7 Å². The number of nitrogens with one attached hydrogen (secondary N) is 1. The van der Waals surface area contributed by atoms with Crippen molar-refractivity contribution in [3.63, 3.8) is 0 Å². The van der Waals surface area contributed by atoms with Gasteiger partial charge in [-0.3, -0.25) is 14.9 Å². The molecule has 0 heterocycles. The minimum atomic E-state index is -0.475. The lowest BCUT2D eigenvalue weighted by Crippen LogP contribution is -2.22. The number of thioether (sulfide) groups is 1. The van der Waals surface area contributed by atoms with Gasteiger partial charge in [-0.05, 0) is 36.1 Å². The molecule has 0 bridgehead atoms. The summed E-state index contributed by atoms with van der Waals surface area (Å²) in [6, 6.07) is 12.1. The van der Waals surface area contributed by atoms with E-state index in [0.29, 0.717) is 11.4 Å². The lowest BCUT2D eigenvalue weighted by atomic mass is 10.1. The number of carbonyl (C=O) groups is 1. The summed E-state index contributed by atoms with van der Waals surface area (Å²) in [7, 11) is 0. The van der Waals surface area contributed by atoms with Crippen LogP contribution in [0.4, 0.5) is 5.69 Å². The van der Waals surface area contributed by atoms with E-state index in [9.17, 15) is 14.9 Å². The van der Waals surface area contributed by atoms with E-state index in [2.05, 4.69) is 21.2 Å². The van der Waals surface area contributed by atoms with Crippen molar-refractivity contribution in [2.45, 2.75) is 11.4 Å². The minimum absolute atomic E-state index is 0.0531. The first-order valence-electron chi connectivity index (χ1n) is 6.36. The third kappa shape index (κ3) is 4.08. The zero-order valence-corrected chi connectivity index (χ0v) is 14.1. The van der Waals surface area contributed by atoms with Crippen molar-refractivity contribution in [3.8, 4) is 0 Å².